The predicted octanol–water partition coefficient (Wildman–Crippen LogP) is 0.899. The molecule has 0 spiro atoms. The van der Waals surface area contributed by atoms with Crippen molar-refractivity contribution in [2.75, 3.05) is 19.7 Å². The van der Waals surface area contributed by atoms with Crippen LogP contribution in [-0.4, -0.2) is 36.8 Å². The number of hydrogen-bond donors (Lipinski definition) is 3. The molecule has 96 valence electrons. The summed E-state index contributed by atoms with van der Waals surface area (Å²) >= 11 is 0. The Labute approximate surface area is 98.8 Å². The van der Waals surface area contributed by atoms with Gasteiger partial charge in [-0.25, -0.2) is 0 Å². The Kier molecular flexibility index (Phi) is 7.34. The maximum Gasteiger partial charge on any atom is 0.226 e. The third kappa shape index (κ3) is 6.08. The van der Waals surface area contributed by atoms with Crippen molar-refractivity contribution in [1.82, 2.24) is 10.6 Å². The summed E-state index contributed by atoms with van der Waals surface area (Å²) in [5.74, 6) is 0.0804. The van der Waals surface area contributed by atoms with E-state index < -0.39 is 0 Å². The van der Waals surface area contributed by atoms with Crippen LogP contribution in [0.1, 0.15) is 40.5 Å². The number of aliphatic hydroxyl groups is 1. The van der Waals surface area contributed by atoms with Gasteiger partial charge in [-0.15, -0.1) is 0 Å². The molecule has 0 heterocycles. The smallest absolute Gasteiger partial charge is 0.226 e. The van der Waals surface area contributed by atoms with Crippen molar-refractivity contribution in [1.29, 1.82) is 0 Å². The van der Waals surface area contributed by atoms with Crippen LogP contribution in [0.3, 0.4) is 0 Å². The molecule has 0 bridgehead atoms. The SMILES string of the molecule is CCNC(=O)C(C)(C)CNC(C)CCCO. The lowest BCUT2D eigenvalue weighted by Gasteiger charge is -2.26. The molecule has 16 heavy (non-hydrogen) atoms. The Morgan fingerprint density at radius 2 is 2.06 bits per heavy atom. The van der Waals surface area contributed by atoms with Gasteiger partial charge in [0.2, 0.25) is 5.91 Å². The van der Waals surface area contributed by atoms with Crippen molar-refractivity contribution in [2.45, 2.75) is 46.6 Å². The van der Waals surface area contributed by atoms with Crippen LogP contribution in [0.15, 0.2) is 0 Å². The molecular formula is C12H26N2O2. The summed E-state index contributed by atoms with van der Waals surface area (Å²) in [5, 5.41) is 14.9. The molecule has 3 N–H and O–H groups in total. The Morgan fingerprint density at radius 1 is 1.44 bits per heavy atom. The first-order valence-electron chi connectivity index (χ1n) is 6.06. The predicted molar refractivity (Wildman–Crippen MR) is 66.2 cm³/mol. The van der Waals surface area contributed by atoms with Crippen molar-refractivity contribution in [3.63, 3.8) is 0 Å². The number of carbonyl (C=O) groups is 1. The van der Waals surface area contributed by atoms with Gasteiger partial charge in [0.1, 0.15) is 0 Å². The molecule has 0 rings (SSSR count). The fraction of sp³-hybridized carbons (Fsp3) is 0.917. The standard InChI is InChI=1S/C12H26N2O2/c1-5-13-11(16)12(3,4)9-14-10(2)7-6-8-15/h10,14-15H,5-9H2,1-4H3,(H,13,16). The fourth-order valence-electron chi connectivity index (χ4n) is 1.41. The van der Waals surface area contributed by atoms with E-state index in [9.17, 15) is 4.79 Å². The maximum atomic E-state index is 11.7. The Morgan fingerprint density at radius 3 is 2.56 bits per heavy atom. The van der Waals surface area contributed by atoms with Gasteiger partial charge in [0, 0.05) is 25.7 Å². The second kappa shape index (κ2) is 7.63. The first-order valence-corrected chi connectivity index (χ1v) is 6.06. The van der Waals surface area contributed by atoms with E-state index in [4.69, 9.17) is 5.11 Å². The van der Waals surface area contributed by atoms with E-state index in [1.807, 2.05) is 20.8 Å². The normalized spacial score (nSPS) is 13.6. The number of carbonyl (C=O) groups excluding carboxylic acids is 1. The Balaban J connectivity index is 3.92. The molecule has 4 nitrogen and oxygen atoms in total. The summed E-state index contributed by atoms with van der Waals surface area (Å²) in [5.41, 5.74) is -0.385. The maximum absolute atomic E-state index is 11.7. The van der Waals surface area contributed by atoms with Crippen LogP contribution in [0, 0.1) is 5.41 Å². The summed E-state index contributed by atoms with van der Waals surface area (Å²) < 4.78 is 0. The Bertz CT molecular complexity index is 205. The highest BCUT2D eigenvalue weighted by molar-refractivity contribution is 5.81. The number of amides is 1. The molecule has 0 aliphatic rings. The number of rotatable bonds is 8. The van der Waals surface area contributed by atoms with Gasteiger partial charge < -0.3 is 15.7 Å². The molecule has 1 amide bonds. The number of nitrogens with one attached hydrogen (secondary N) is 2. The van der Waals surface area contributed by atoms with Crippen LogP contribution in [0.2, 0.25) is 0 Å². The zero-order valence-corrected chi connectivity index (χ0v) is 11.0. The van der Waals surface area contributed by atoms with Crippen molar-refractivity contribution in [2.24, 2.45) is 5.41 Å². The molecular weight excluding hydrogens is 204 g/mol. The van der Waals surface area contributed by atoms with E-state index in [1.165, 1.54) is 0 Å². The molecule has 0 saturated heterocycles. The molecule has 1 atom stereocenters. The minimum Gasteiger partial charge on any atom is -0.396 e. The molecule has 0 aromatic heterocycles. The lowest BCUT2D eigenvalue weighted by Crippen LogP contribution is -2.45. The zero-order valence-electron chi connectivity index (χ0n) is 11.0. The lowest BCUT2D eigenvalue weighted by atomic mass is 9.91. The van der Waals surface area contributed by atoms with E-state index in [2.05, 4.69) is 17.6 Å². The molecule has 0 fully saturated rings. The van der Waals surface area contributed by atoms with E-state index in [0.29, 0.717) is 19.1 Å². The van der Waals surface area contributed by atoms with Gasteiger partial charge in [-0.1, -0.05) is 0 Å². The summed E-state index contributed by atoms with van der Waals surface area (Å²) in [7, 11) is 0. The van der Waals surface area contributed by atoms with Crippen LogP contribution in [0.25, 0.3) is 0 Å². The molecule has 0 aliphatic carbocycles. The Hall–Kier alpha value is -0.610. The van der Waals surface area contributed by atoms with Gasteiger partial charge in [-0.05, 0) is 40.5 Å². The van der Waals surface area contributed by atoms with Crippen LogP contribution in [0.4, 0.5) is 0 Å². The molecule has 0 radical (unpaired) electrons. The second-order valence-electron chi connectivity index (χ2n) is 4.89. The van der Waals surface area contributed by atoms with Gasteiger partial charge in [-0.3, -0.25) is 4.79 Å². The minimum absolute atomic E-state index is 0.0804. The van der Waals surface area contributed by atoms with Crippen LogP contribution in [-0.2, 0) is 4.79 Å². The highest BCUT2D eigenvalue weighted by Crippen LogP contribution is 2.14. The average Bonchev–Trinajstić information content (AvgIpc) is 2.24. The van der Waals surface area contributed by atoms with Gasteiger partial charge in [0.25, 0.3) is 0 Å². The summed E-state index contributed by atoms with van der Waals surface area (Å²) in [4.78, 5) is 11.7. The summed E-state index contributed by atoms with van der Waals surface area (Å²) in [6.45, 7) is 9.42. The van der Waals surface area contributed by atoms with E-state index in [0.717, 1.165) is 12.8 Å². The topological polar surface area (TPSA) is 61.4 Å². The van der Waals surface area contributed by atoms with Gasteiger partial charge in [0.15, 0.2) is 0 Å². The van der Waals surface area contributed by atoms with Gasteiger partial charge in [-0.2, -0.15) is 0 Å². The second-order valence-corrected chi connectivity index (χ2v) is 4.89. The molecule has 4 heteroatoms. The molecule has 0 saturated carbocycles. The highest BCUT2D eigenvalue weighted by Gasteiger charge is 2.26. The van der Waals surface area contributed by atoms with Crippen molar-refractivity contribution in [3.05, 3.63) is 0 Å². The number of hydrogen-bond acceptors (Lipinski definition) is 3. The summed E-state index contributed by atoms with van der Waals surface area (Å²) in [6.07, 6.45) is 1.73. The first kappa shape index (κ1) is 15.4. The molecule has 0 aromatic rings. The van der Waals surface area contributed by atoms with Crippen LogP contribution in [0.5, 0.6) is 0 Å². The largest absolute Gasteiger partial charge is 0.396 e. The molecule has 1 unspecified atom stereocenters. The van der Waals surface area contributed by atoms with E-state index in [-0.39, 0.29) is 17.9 Å². The van der Waals surface area contributed by atoms with Crippen molar-refractivity contribution < 1.29 is 9.90 Å². The highest BCUT2D eigenvalue weighted by atomic mass is 16.2. The minimum atomic E-state index is -0.385. The van der Waals surface area contributed by atoms with Gasteiger partial charge >= 0.3 is 0 Å². The van der Waals surface area contributed by atoms with E-state index >= 15 is 0 Å². The number of aliphatic hydroxyl groups excluding tert-OH is 1. The lowest BCUT2D eigenvalue weighted by molar-refractivity contribution is -0.129. The zero-order chi connectivity index (χ0) is 12.6. The van der Waals surface area contributed by atoms with Crippen molar-refractivity contribution in [3.8, 4) is 0 Å². The monoisotopic (exact) mass is 230 g/mol. The quantitative estimate of drug-likeness (QED) is 0.580. The van der Waals surface area contributed by atoms with E-state index in [1.54, 1.807) is 0 Å². The van der Waals surface area contributed by atoms with Gasteiger partial charge in [0.05, 0.1) is 5.41 Å². The molecule has 0 aliphatic heterocycles. The third-order valence-electron chi connectivity index (χ3n) is 2.64. The summed E-state index contributed by atoms with van der Waals surface area (Å²) in [6, 6.07) is 0.334. The first-order chi connectivity index (χ1) is 7.44. The van der Waals surface area contributed by atoms with Crippen molar-refractivity contribution >= 4 is 5.91 Å². The molecule has 0 aromatic carbocycles. The third-order valence-corrected chi connectivity index (χ3v) is 2.64. The van der Waals surface area contributed by atoms with Crippen LogP contribution < -0.4 is 10.6 Å². The van der Waals surface area contributed by atoms with Crippen LogP contribution >= 0.6 is 0 Å². The average molecular weight is 230 g/mol. The fourth-order valence-corrected chi connectivity index (χ4v) is 1.41.